The quantitative estimate of drug-likeness (QED) is 0.522. The number of nitrogens with zero attached hydrogens (tertiary/aromatic N) is 2. The van der Waals surface area contributed by atoms with Gasteiger partial charge in [0.15, 0.2) is 10.1 Å². The smallest absolute Gasteiger partial charge is 0.223 e. The summed E-state index contributed by atoms with van der Waals surface area (Å²) in [4.78, 5) is 22.8. The van der Waals surface area contributed by atoms with E-state index in [1.807, 2.05) is 31.2 Å². The first-order chi connectivity index (χ1) is 9.54. The molecule has 2 aromatic rings. The largest absolute Gasteiger partial charge is 0.301 e. The number of rotatable bonds is 5. The predicted molar refractivity (Wildman–Crippen MR) is 80.4 cm³/mol. The highest BCUT2D eigenvalue weighted by Crippen LogP contribution is 2.26. The molecular weight excluding hydrogens is 294 g/mol. The minimum absolute atomic E-state index is 0.0475. The lowest BCUT2D eigenvalue weighted by Crippen LogP contribution is -2.04. The summed E-state index contributed by atoms with van der Waals surface area (Å²) >= 11 is 2.58. The number of carbonyl (C=O) groups is 2. The second-order valence-electron chi connectivity index (χ2n) is 4.13. The third kappa shape index (κ3) is 4.14. The van der Waals surface area contributed by atoms with E-state index in [-0.39, 0.29) is 11.7 Å². The molecule has 1 heterocycles. The maximum Gasteiger partial charge on any atom is 0.223 e. The van der Waals surface area contributed by atoms with Crippen LogP contribution < -0.4 is 5.32 Å². The van der Waals surface area contributed by atoms with Crippen molar-refractivity contribution in [3.05, 3.63) is 35.4 Å². The normalized spacial score (nSPS) is 10.3. The molecule has 0 saturated heterocycles. The van der Waals surface area contributed by atoms with Crippen molar-refractivity contribution in [1.29, 1.82) is 0 Å². The van der Waals surface area contributed by atoms with Crippen molar-refractivity contribution in [2.24, 2.45) is 0 Å². The van der Waals surface area contributed by atoms with Crippen LogP contribution in [0.25, 0.3) is 0 Å². The van der Waals surface area contributed by atoms with Gasteiger partial charge in [-0.25, -0.2) is 0 Å². The Bertz CT molecular complexity index is 623. The molecule has 0 bridgehead atoms. The van der Waals surface area contributed by atoms with Crippen molar-refractivity contribution in [2.45, 2.75) is 18.2 Å². The van der Waals surface area contributed by atoms with E-state index in [4.69, 9.17) is 0 Å². The van der Waals surface area contributed by atoms with Crippen molar-refractivity contribution in [3.63, 3.8) is 0 Å². The van der Waals surface area contributed by atoms with Crippen LogP contribution in [0.2, 0.25) is 0 Å². The highest BCUT2D eigenvalue weighted by molar-refractivity contribution is 8.01. The number of hydrogen-bond donors (Lipinski definition) is 1. The molecule has 0 atom stereocenters. The third-order valence-electron chi connectivity index (χ3n) is 2.39. The number of Topliss-reactive ketones (excluding diaryl/α,β-unsaturated/α-hetero) is 1. The molecule has 1 N–H and O–H groups in total. The van der Waals surface area contributed by atoms with Crippen LogP contribution in [0, 0.1) is 6.92 Å². The van der Waals surface area contributed by atoms with Gasteiger partial charge in [0.25, 0.3) is 0 Å². The number of ketones is 1. The average molecular weight is 307 g/mol. The lowest BCUT2D eigenvalue weighted by Gasteiger charge is -1.99. The monoisotopic (exact) mass is 307 g/mol. The van der Waals surface area contributed by atoms with Crippen LogP contribution in [0.3, 0.4) is 0 Å². The zero-order chi connectivity index (χ0) is 14.5. The van der Waals surface area contributed by atoms with E-state index < -0.39 is 0 Å². The average Bonchev–Trinajstić information content (AvgIpc) is 2.83. The number of nitrogens with one attached hydrogen (secondary N) is 1. The van der Waals surface area contributed by atoms with Gasteiger partial charge in [-0.3, -0.25) is 9.59 Å². The number of benzene rings is 1. The van der Waals surface area contributed by atoms with Gasteiger partial charge in [0.2, 0.25) is 11.0 Å². The highest BCUT2D eigenvalue weighted by Gasteiger charge is 2.10. The minimum Gasteiger partial charge on any atom is -0.301 e. The number of thioether (sulfide) groups is 1. The Morgan fingerprint density at radius 2 is 1.95 bits per heavy atom. The molecule has 0 saturated carbocycles. The van der Waals surface area contributed by atoms with Gasteiger partial charge in [-0.05, 0) is 6.92 Å². The van der Waals surface area contributed by atoms with Crippen LogP contribution in [-0.4, -0.2) is 27.6 Å². The minimum atomic E-state index is -0.187. The number of aromatic nitrogens is 2. The maximum absolute atomic E-state index is 12.0. The molecule has 7 heteroatoms. The first-order valence-corrected chi connectivity index (χ1v) is 7.68. The molecule has 0 fully saturated rings. The molecule has 104 valence electrons. The van der Waals surface area contributed by atoms with Crippen LogP contribution in [0.5, 0.6) is 0 Å². The van der Waals surface area contributed by atoms with Crippen molar-refractivity contribution in [2.75, 3.05) is 11.1 Å². The highest BCUT2D eigenvalue weighted by atomic mass is 32.2. The SMILES string of the molecule is CC(=O)Nc1nnc(SCC(=O)c2ccc(C)cc2)s1. The molecule has 0 radical (unpaired) electrons. The fourth-order valence-corrected chi connectivity index (χ4v) is 3.11. The molecule has 1 aromatic carbocycles. The van der Waals surface area contributed by atoms with Crippen molar-refractivity contribution >= 4 is 39.9 Å². The van der Waals surface area contributed by atoms with E-state index in [1.54, 1.807) is 0 Å². The number of amides is 1. The maximum atomic E-state index is 12.0. The van der Waals surface area contributed by atoms with E-state index in [9.17, 15) is 9.59 Å². The van der Waals surface area contributed by atoms with Crippen LogP contribution in [-0.2, 0) is 4.79 Å². The van der Waals surface area contributed by atoms with Crippen LogP contribution in [0.4, 0.5) is 5.13 Å². The second kappa shape index (κ2) is 6.62. The summed E-state index contributed by atoms with van der Waals surface area (Å²) in [5.41, 5.74) is 1.81. The molecular formula is C13H13N3O2S2. The predicted octanol–water partition coefficient (Wildman–Crippen LogP) is 2.78. The summed E-state index contributed by atoms with van der Waals surface area (Å²) in [7, 11) is 0. The number of anilines is 1. The van der Waals surface area contributed by atoms with Crippen LogP contribution in [0.15, 0.2) is 28.6 Å². The van der Waals surface area contributed by atoms with Crippen molar-refractivity contribution in [1.82, 2.24) is 10.2 Å². The van der Waals surface area contributed by atoms with E-state index in [0.29, 0.717) is 20.8 Å². The summed E-state index contributed by atoms with van der Waals surface area (Å²) in [6.07, 6.45) is 0. The van der Waals surface area contributed by atoms with Gasteiger partial charge < -0.3 is 5.32 Å². The number of aryl methyl sites for hydroxylation is 1. The van der Waals surface area contributed by atoms with Crippen LogP contribution >= 0.6 is 23.1 Å². The Labute approximate surface area is 124 Å². The third-order valence-corrected chi connectivity index (χ3v) is 4.36. The van der Waals surface area contributed by atoms with Gasteiger partial charge in [-0.1, -0.05) is 52.9 Å². The van der Waals surface area contributed by atoms with Gasteiger partial charge in [0, 0.05) is 12.5 Å². The molecule has 1 aromatic heterocycles. The van der Waals surface area contributed by atoms with Gasteiger partial charge in [0.1, 0.15) is 0 Å². The van der Waals surface area contributed by atoms with Crippen molar-refractivity contribution < 1.29 is 9.59 Å². The number of hydrogen-bond acceptors (Lipinski definition) is 6. The van der Waals surface area contributed by atoms with E-state index in [2.05, 4.69) is 15.5 Å². The Morgan fingerprint density at radius 1 is 1.25 bits per heavy atom. The summed E-state index contributed by atoms with van der Waals surface area (Å²) in [5.74, 6) is 0.164. The van der Waals surface area contributed by atoms with Crippen molar-refractivity contribution in [3.8, 4) is 0 Å². The van der Waals surface area contributed by atoms with Gasteiger partial charge >= 0.3 is 0 Å². The lowest BCUT2D eigenvalue weighted by atomic mass is 10.1. The molecule has 0 aliphatic heterocycles. The first kappa shape index (κ1) is 14.7. The van der Waals surface area contributed by atoms with E-state index in [1.165, 1.54) is 30.0 Å². The summed E-state index contributed by atoms with van der Waals surface area (Å²) in [6, 6.07) is 7.47. The topological polar surface area (TPSA) is 72.0 Å². The van der Waals surface area contributed by atoms with Gasteiger partial charge in [-0.2, -0.15) is 0 Å². The molecule has 0 unspecified atom stereocenters. The molecule has 20 heavy (non-hydrogen) atoms. The Balaban J connectivity index is 1.91. The fourth-order valence-electron chi connectivity index (χ4n) is 1.42. The lowest BCUT2D eigenvalue weighted by molar-refractivity contribution is -0.114. The Morgan fingerprint density at radius 3 is 2.60 bits per heavy atom. The zero-order valence-electron chi connectivity index (χ0n) is 11.0. The Hall–Kier alpha value is -1.73. The van der Waals surface area contributed by atoms with E-state index >= 15 is 0 Å². The van der Waals surface area contributed by atoms with Gasteiger partial charge in [-0.15, -0.1) is 10.2 Å². The molecule has 0 aliphatic rings. The van der Waals surface area contributed by atoms with Gasteiger partial charge in [0.05, 0.1) is 5.75 Å². The first-order valence-electron chi connectivity index (χ1n) is 5.88. The second-order valence-corrected chi connectivity index (χ2v) is 6.33. The summed E-state index contributed by atoms with van der Waals surface area (Å²) in [6.45, 7) is 3.39. The summed E-state index contributed by atoms with van der Waals surface area (Å²) < 4.78 is 0.661. The molecule has 0 aliphatic carbocycles. The summed E-state index contributed by atoms with van der Waals surface area (Å²) in [5, 5.41) is 10.7. The molecule has 5 nitrogen and oxygen atoms in total. The fraction of sp³-hybridized carbons (Fsp3) is 0.231. The van der Waals surface area contributed by atoms with E-state index in [0.717, 1.165) is 5.56 Å². The Kier molecular flexibility index (Phi) is 4.86. The number of carbonyl (C=O) groups excluding carboxylic acids is 2. The molecule has 2 rings (SSSR count). The zero-order valence-corrected chi connectivity index (χ0v) is 12.7. The standard InChI is InChI=1S/C13H13N3O2S2/c1-8-3-5-10(6-4-8)11(18)7-19-13-16-15-12(20-13)14-9(2)17/h3-6H,7H2,1-2H3,(H,14,15,17). The molecule has 0 spiro atoms. The molecule has 1 amide bonds. The van der Waals surface area contributed by atoms with Crippen LogP contribution in [0.1, 0.15) is 22.8 Å².